The van der Waals surface area contributed by atoms with E-state index in [4.69, 9.17) is 9.26 Å². The first-order valence-electron chi connectivity index (χ1n) is 8.46. The highest BCUT2D eigenvalue weighted by Crippen LogP contribution is 2.29. The summed E-state index contributed by atoms with van der Waals surface area (Å²) in [6.07, 6.45) is 4.58. The number of hydrogen-bond acceptors (Lipinski definition) is 6. The van der Waals surface area contributed by atoms with Crippen LogP contribution in [0.3, 0.4) is 0 Å². The van der Waals surface area contributed by atoms with E-state index >= 15 is 0 Å². The van der Waals surface area contributed by atoms with Gasteiger partial charge in [-0.1, -0.05) is 12.1 Å². The Morgan fingerprint density at radius 2 is 2.17 bits per heavy atom. The normalized spacial score (nSPS) is 22.7. The van der Waals surface area contributed by atoms with Crippen LogP contribution in [-0.2, 0) is 21.2 Å². The highest BCUT2D eigenvalue weighted by Gasteiger charge is 2.34. The largest absolute Gasteiger partial charge is 0.381 e. The molecule has 3 rings (SSSR count). The molecule has 0 bridgehead atoms. The van der Waals surface area contributed by atoms with Crippen LogP contribution in [0.4, 0.5) is 0 Å². The zero-order valence-corrected chi connectivity index (χ0v) is 14.4. The molecule has 1 saturated carbocycles. The van der Waals surface area contributed by atoms with Gasteiger partial charge in [0.1, 0.15) is 0 Å². The van der Waals surface area contributed by atoms with Crippen LogP contribution in [0, 0.1) is 5.92 Å². The van der Waals surface area contributed by atoms with Crippen LogP contribution in [0.1, 0.15) is 50.2 Å². The monoisotopic (exact) mass is 343 g/mol. The van der Waals surface area contributed by atoms with E-state index in [0.29, 0.717) is 44.3 Å². The van der Waals surface area contributed by atoms with Crippen molar-refractivity contribution in [3.63, 3.8) is 0 Å². The van der Waals surface area contributed by atoms with Crippen molar-refractivity contribution in [3.05, 3.63) is 11.7 Å². The molecule has 1 aliphatic carbocycles. The summed E-state index contributed by atoms with van der Waals surface area (Å²) in [6, 6.07) is 0. The van der Waals surface area contributed by atoms with Gasteiger partial charge in [-0.05, 0) is 31.6 Å². The van der Waals surface area contributed by atoms with Crippen LogP contribution in [-0.4, -0.2) is 54.9 Å². The number of sulfonamides is 1. The first kappa shape index (κ1) is 16.9. The Kier molecular flexibility index (Phi) is 5.33. The molecule has 1 aliphatic heterocycles. The van der Waals surface area contributed by atoms with Crippen molar-refractivity contribution in [3.8, 4) is 0 Å². The van der Waals surface area contributed by atoms with Crippen molar-refractivity contribution in [1.82, 2.24) is 14.4 Å². The summed E-state index contributed by atoms with van der Waals surface area (Å²) in [7, 11) is -3.14. The number of hydrogen-bond donors (Lipinski definition) is 0. The van der Waals surface area contributed by atoms with Gasteiger partial charge in [-0.15, -0.1) is 0 Å². The number of aromatic nitrogens is 2. The van der Waals surface area contributed by atoms with Crippen LogP contribution in [0.2, 0.25) is 0 Å². The van der Waals surface area contributed by atoms with Gasteiger partial charge in [0.15, 0.2) is 5.82 Å². The molecule has 1 saturated heterocycles. The summed E-state index contributed by atoms with van der Waals surface area (Å²) in [5, 5.41) is 3.98. The second kappa shape index (κ2) is 7.27. The minimum Gasteiger partial charge on any atom is -0.381 e. The number of rotatable bonds is 9. The molecule has 2 heterocycles. The molecule has 7 nitrogen and oxygen atoms in total. The molecule has 0 spiro atoms. The molecule has 0 radical (unpaired) electrons. The van der Waals surface area contributed by atoms with E-state index in [9.17, 15) is 8.42 Å². The smallest absolute Gasteiger partial charge is 0.231 e. The molecular formula is C15H25N3O4S. The standard InChI is InChI=1S/C15H25N3O4S/c1-2-9-23(19,20)18-7-5-13(10-18)15-16-14(17-22-15)6-8-21-11-12-3-4-12/h12-13H,2-11H2,1H3. The van der Waals surface area contributed by atoms with Crippen molar-refractivity contribution >= 4 is 10.0 Å². The molecule has 1 unspecified atom stereocenters. The molecule has 0 aromatic carbocycles. The maximum absolute atomic E-state index is 12.1. The predicted octanol–water partition coefficient (Wildman–Crippen LogP) is 1.57. The average molecular weight is 343 g/mol. The second-order valence-electron chi connectivity index (χ2n) is 6.48. The lowest BCUT2D eigenvalue weighted by atomic mass is 10.1. The predicted molar refractivity (Wildman–Crippen MR) is 84.6 cm³/mol. The van der Waals surface area contributed by atoms with Gasteiger partial charge in [0, 0.05) is 26.1 Å². The highest BCUT2D eigenvalue weighted by atomic mass is 32.2. The van der Waals surface area contributed by atoms with E-state index in [0.717, 1.165) is 18.9 Å². The van der Waals surface area contributed by atoms with E-state index in [1.165, 1.54) is 12.8 Å². The fourth-order valence-corrected chi connectivity index (χ4v) is 4.37. The van der Waals surface area contributed by atoms with Gasteiger partial charge in [-0.2, -0.15) is 4.98 Å². The zero-order valence-electron chi connectivity index (χ0n) is 13.6. The van der Waals surface area contributed by atoms with Gasteiger partial charge < -0.3 is 9.26 Å². The third-order valence-electron chi connectivity index (χ3n) is 4.36. The van der Waals surface area contributed by atoms with E-state index in [1.807, 2.05) is 6.92 Å². The Hall–Kier alpha value is -0.990. The lowest BCUT2D eigenvalue weighted by Gasteiger charge is -2.14. The van der Waals surface area contributed by atoms with Crippen LogP contribution < -0.4 is 0 Å². The molecular weight excluding hydrogens is 318 g/mol. The summed E-state index contributed by atoms with van der Waals surface area (Å²) in [4.78, 5) is 4.41. The van der Waals surface area contributed by atoms with Gasteiger partial charge in [0.25, 0.3) is 0 Å². The fraction of sp³-hybridized carbons (Fsp3) is 0.867. The summed E-state index contributed by atoms with van der Waals surface area (Å²) in [6.45, 7) is 4.30. The lowest BCUT2D eigenvalue weighted by molar-refractivity contribution is 0.125. The average Bonchev–Trinajstić information content (AvgIpc) is 3.02. The summed E-state index contributed by atoms with van der Waals surface area (Å²) in [5.74, 6) is 2.16. The van der Waals surface area contributed by atoms with Gasteiger partial charge in [0.2, 0.25) is 15.9 Å². The molecule has 0 N–H and O–H groups in total. The molecule has 1 aromatic heterocycles. The van der Waals surface area contributed by atoms with Crippen molar-refractivity contribution in [2.75, 3.05) is 32.1 Å². The maximum atomic E-state index is 12.1. The summed E-state index contributed by atoms with van der Waals surface area (Å²) in [5.41, 5.74) is 0. The van der Waals surface area contributed by atoms with E-state index in [-0.39, 0.29) is 11.7 Å². The Morgan fingerprint density at radius 3 is 2.91 bits per heavy atom. The molecule has 8 heteroatoms. The van der Waals surface area contributed by atoms with Crippen LogP contribution >= 0.6 is 0 Å². The third-order valence-corrected chi connectivity index (χ3v) is 6.40. The zero-order chi connectivity index (χ0) is 16.3. The minimum atomic E-state index is -3.14. The molecule has 1 atom stereocenters. The highest BCUT2D eigenvalue weighted by molar-refractivity contribution is 7.89. The van der Waals surface area contributed by atoms with Gasteiger partial charge >= 0.3 is 0 Å². The number of nitrogens with zero attached hydrogens (tertiary/aromatic N) is 3. The van der Waals surface area contributed by atoms with E-state index in [1.54, 1.807) is 4.31 Å². The van der Waals surface area contributed by atoms with Crippen molar-refractivity contribution in [1.29, 1.82) is 0 Å². The molecule has 1 aromatic rings. The second-order valence-corrected chi connectivity index (χ2v) is 8.57. The van der Waals surface area contributed by atoms with E-state index in [2.05, 4.69) is 10.1 Å². The lowest BCUT2D eigenvalue weighted by Crippen LogP contribution is -2.30. The first-order valence-corrected chi connectivity index (χ1v) is 10.1. The topological polar surface area (TPSA) is 85.5 Å². The Bertz CT molecular complexity index is 612. The molecule has 2 fully saturated rings. The van der Waals surface area contributed by atoms with Crippen LogP contribution in [0.15, 0.2) is 4.52 Å². The van der Waals surface area contributed by atoms with Crippen molar-refractivity contribution < 1.29 is 17.7 Å². The summed E-state index contributed by atoms with van der Waals surface area (Å²) >= 11 is 0. The molecule has 2 aliphatic rings. The quantitative estimate of drug-likeness (QED) is 0.633. The van der Waals surface area contributed by atoms with Crippen LogP contribution in [0.25, 0.3) is 0 Å². The Balaban J connectivity index is 1.48. The van der Waals surface area contributed by atoms with Gasteiger partial charge in [-0.3, -0.25) is 0 Å². The number of ether oxygens (including phenoxy) is 1. The Morgan fingerprint density at radius 1 is 1.35 bits per heavy atom. The first-order chi connectivity index (χ1) is 11.1. The van der Waals surface area contributed by atoms with Crippen LogP contribution in [0.5, 0.6) is 0 Å². The van der Waals surface area contributed by atoms with Gasteiger partial charge in [0.05, 0.1) is 18.3 Å². The fourth-order valence-electron chi connectivity index (χ4n) is 2.80. The molecule has 0 amide bonds. The van der Waals surface area contributed by atoms with E-state index < -0.39 is 10.0 Å². The SMILES string of the molecule is CCCS(=O)(=O)N1CCC(c2nc(CCOCC3CC3)no2)C1. The van der Waals surface area contributed by atoms with Crippen molar-refractivity contribution in [2.24, 2.45) is 5.92 Å². The molecule has 23 heavy (non-hydrogen) atoms. The Labute approximate surface area is 137 Å². The third kappa shape index (κ3) is 4.51. The minimum absolute atomic E-state index is 0.00950. The maximum Gasteiger partial charge on any atom is 0.231 e. The molecule has 130 valence electrons. The van der Waals surface area contributed by atoms with Crippen molar-refractivity contribution in [2.45, 2.75) is 44.9 Å². The summed E-state index contributed by atoms with van der Waals surface area (Å²) < 4.78 is 36.6. The van der Waals surface area contributed by atoms with Gasteiger partial charge in [-0.25, -0.2) is 12.7 Å².